The van der Waals surface area contributed by atoms with Gasteiger partial charge in [-0.1, -0.05) is 24.3 Å². The van der Waals surface area contributed by atoms with E-state index in [-0.39, 0.29) is 38.4 Å². The van der Waals surface area contributed by atoms with Crippen molar-refractivity contribution >= 4 is 42.5 Å². The van der Waals surface area contributed by atoms with E-state index in [0.717, 1.165) is 11.1 Å². The third-order valence-corrected chi connectivity index (χ3v) is 4.58. The molecule has 2 aromatic rings. The molecule has 35 heavy (non-hydrogen) atoms. The SMILES string of the molecule is COc1cc(C=Cc2ccc(OC(=O)OCCNC(=O)C(N)CCC(N)=O)cc2)cc(OC)c1.Cl. The van der Waals surface area contributed by atoms with Crippen LogP contribution in [0.15, 0.2) is 42.5 Å². The maximum absolute atomic E-state index is 11.8. The van der Waals surface area contributed by atoms with Crippen LogP contribution in [0.3, 0.4) is 0 Å². The smallest absolute Gasteiger partial charge is 0.497 e. The van der Waals surface area contributed by atoms with Crippen molar-refractivity contribution in [3.05, 3.63) is 53.6 Å². The van der Waals surface area contributed by atoms with E-state index in [9.17, 15) is 14.4 Å². The first-order valence-electron chi connectivity index (χ1n) is 10.5. The van der Waals surface area contributed by atoms with E-state index in [1.807, 2.05) is 24.3 Å². The number of hydrogen-bond donors (Lipinski definition) is 3. The molecule has 0 heterocycles. The number of primary amides is 1. The van der Waals surface area contributed by atoms with Gasteiger partial charge in [0.15, 0.2) is 0 Å². The molecule has 10 nitrogen and oxygen atoms in total. The van der Waals surface area contributed by atoms with Gasteiger partial charge >= 0.3 is 6.16 Å². The second-order valence-electron chi connectivity index (χ2n) is 7.15. The lowest BCUT2D eigenvalue weighted by Crippen LogP contribution is -2.42. The van der Waals surface area contributed by atoms with E-state index >= 15 is 0 Å². The Morgan fingerprint density at radius 3 is 2.11 bits per heavy atom. The number of methoxy groups -OCH3 is 2. The van der Waals surface area contributed by atoms with Crippen LogP contribution in [-0.2, 0) is 14.3 Å². The Labute approximate surface area is 209 Å². The van der Waals surface area contributed by atoms with Gasteiger partial charge in [0, 0.05) is 12.5 Å². The largest absolute Gasteiger partial charge is 0.513 e. The third-order valence-electron chi connectivity index (χ3n) is 4.58. The number of amides is 2. The van der Waals surface area contributed by atoms with E-state index in [1.54, 1.807) is 44.6 Å². The summed E-state index contributed by atoms with van der Waals surface area (Å²) in [4.78, 5) is 34.3. The Bertz CT molecular complexity index is 990. The van der Waals surface area contributed by atoms with E-state index in [2.05, 4.69) is 5.32 Å². The molecule has 0 aliphatic rings. The van der Waals surface area contributed by atoms with E-state index in [4.69, 9.17) is 30.4 Å². The Morgan fingerprint density at radius 1 is 0.943 bits per heavy atom. The van der Waals surface area contributed by atoms with Crippen LogP contribution in [0.4, 0.5) is 4.79 Å². The van der Waals surface area contributed by atoms with Crippen molar-refractivity contribution in [2.45, 2.75) is 18.9 Å². The van der Waals surface area contributed by atoms with Crippen molar-refractivity contribution in [2.75, 3.05) is 27.4 Å². The van der Waals surface area contributed by atoms with Crippen molar-refractivity contribution in [1.29, 1.82) is 0 Å². The number of carbonyl (C=O) groups is 3. The van der Waals surface area contributed by atoms with Crippen LogP contribution in [0.5, 0.6) is 17.2 Å². The number of halogens is 1. The van der Waals surface area contributed by atoms with E-state index in [1.165, 1.54) is 0 Å². The molecule has 190 valence electrons. The van der Waals surface area contributed by atoms with Gasteiger partial charge in [0.2, 0.25) is 11.8 Å². The fraction of sp³-hybridized carbons (Fsp3) is 0.292. The lowest BCUT2D eigenvalue weighted by molar-refractivity contribution is -0.123. The summed E-state index contributed by atoms with van der Waals surface area (Å²) in [5.41, 5.74) is 12.4. The molecule has 1 unspecified atom stereocenters. The Balaban J connectivity index is 0.00000612. The second-order valence-corrected chi connectivity index (χ2v) is 7.15. The molecule has 0 radical (unpaired) electrons. The van der Waals surface area contributed by atoms with Crippen molar-refractivity contribution < 1.29 is 33.3 Å². The van der Waals surface area contributed by atoms with Crippen LogP contribution in [-0.4, -0.2) is 51.4 Å². The minimum atomic E-state index is -0.904. The molecule has 2 amide bonds. The first-order chi connectivity index (χ1) is 16.3. The summed E-state index contributed by atoms with van der Waals surface area (Å²) >= 11 is 0. The van der Waals surface area contributed by atoms with Crippen molar-refractivity contribution in [3.63, 3.8) is 0 Å². The quantitative estimate of drug-likeness (QED) is 0.171. The molecular weight excluding hydrogens is 478 g/mol. The van der Waals surface area contributed by atoms with Crippen LogP contribution < -0.4 is 31.0 Å². The number of nitrogens with one attached hydrogen (secondary N) is 1. The summed E-state index contributed by atoms with van der Waals surface area (Å²) in [7, 11) is 3.18. The predicted molar refractivity (Wildman–Crippen MR) is 134 cm³/mol. The molecule has 0 bridgehead atoms. The fourth-order valence-electron chi connectivity index (χ4n) is 2.76. The number of benzene rings is 2. The van der Waals surface area contributed by atoms with E-state index < -0.39 is 24.0 Å². The number of rotatable bonds is 12. The molecule has 5 N–H and O–H groups in total. The van der Waals surface area contributed by atoms with Crippen LogP contribution in [0.25, 0.3) is 12.2 Å². The van der Waals surface area contributed by atoms with Gasteiger partial charge < -0.3 is 35.7 Å². The van der Waals surface area contributed by atoms with Crippen molar-refractivity contribution in [2.24, 2.45) is 11.5 Å². The average molecular weight is 508 g/mol. The van der Waals surface area contributed by atoms with Crippen LogP contribution in [0, 0.1) is 0 Å². The molecular formula is C24H30ClN3O7. The van der Waals surface area contributed by atoms with E-state index in [0.29, 0.717) is 17.2 Å². The van der Waals surface area contributed by atoms with Gasteiger partial charge in [-0.25, -0.2) is 4.79 Å². The molecule has 0 aliphatic heterocycles. The zero-order valence-corrected chi connectivity index (χ0v) is 20.3. The first-order valence-corrected chi connectivity index (χ1v) is 10.5. The molecule has 0 aromatic heterocycles. The Hall–Kier alpha value is -3.76. The molecule has 0 saturated carbocycles. The maximum Gasteiger partial charge on any atom is 0.513 e. The number of carbonyl (C=O) groups excluding carboxylic acids is 3. The Morgan fingerprint density at radius 2 is 1.54 bits per heavy atom. The van der Waals surface area contributed by atoms with Gasteiger partial charge in [-0.2, -0.15) is 0 Å². The summed E-state index contributed by atoms with van der Waals surface area (Å²) in [6.45, 7) is -0.0467. The third kappa shape index (κ3) is 10.8. The molecule has 11 heteroatoms. The van der Waals surface area contributed by atoms with Crippen LogP contribution >= 0.6 is 12.4 Å². The lowest BCUT2D eigenvalue weighted by Gasteiger charge is -2.11. The monoisotopic (exact) mass is 507 g/mol. The van der Waals surface area contributed by atoms with Gasteiger partial charge in [0.25, 0.3) is 0 Å². The molecule has 0 spiro atoms. The molecule has 2 rings (SSSR count). The number of hydrogen-bond acceptors (Lipinski definition) is 8. The average Bonchev–Trinajstić information content (AvgIpc) is 2.84. The highest BCUT2D eigenvalue weighted by atomic mass is 35.5. The predicted octanol–water partition coefficient (Wildman–Crippen LogP) is 2.52. The Kier molecular flexibility index (Phi) is 12.7. The highest BCUT2D eigenvalue weighted by Crippen LogP contribution is 2.24. The number of ether oxygens (including phenoxy) is 4. The fourth-order valence-corrected chi connectivity index (χ4v) is 2.76. The zero-order valence-electron chi connectivity index (χ0n) is 19.5. The molecule has 2 aromatic carbocycles. The minimum absolute atomic E-state index is 0. The lowest BCUT2D eigenvalue weighted by atomic mass is 10.1. The summed E-state index contributed by atoms with van der Waals surface area (Å²) in [5.74, 6) is 0.686. The topological polar surface area (TPSA) is 152 Å². The van der Waals surface area contributed by atoms with Crippen LogP contribution in [0.1, 0.15) is 24.0 Å². The maximum atomic E-state index is 11.8. The number of nitrogens with two attached hydrogens (primary N) is 2. The summed E-state index contributed by atoms with van der Waals surface area (Å²) in [6, 6.07) is 11.5. The van der Waals surface area contributed by atoms with Gasteiger partial charge in [0.1, 0.15) is 23.9 Å². The zero-order chi connectivity index (χ0) is 24.9. The van der Waals surface area contributed by atoms with Gasteiger partial charge in [0.05, 0.1) is 26.8 Å². The molecule has 0 saturated heterocycles. The first kappa shape index (κ1) is 29.3. The summed E-state index contributed by atoms with van der Waals surface area (Å²) in [5, 5.41) is 2.50. The summed E-state index contributed by atoms with van der Waals surface area (Å²) in [6.07, 6.45) is 3.06. The normalized spacial score (nSPS) is 11.2. The standard InChI is InChI=1S/C24H29N3O7.ClH/c1-31-19-13-17(14-20(15-19)32-2)4-3-16-5-7-18(8-6-16)34-24(30)33-12-11-27-23(29)21(25)9-10-22(26)28;/h3-8,13-15,21H,9-12,25H2,1-2H3,(H2,26,28)(H,27,29);1H. The van der Waals surface area contributed by atoms with Crippen LogP contribution in [0.2, 0.25) is 0 Å². The molecule has 0 aliphatic carbocycles. The highest BCUT2D eigenvalue weighted by Gasteiger charge is 2.14. The van der Waals surface area contributed by atoms with Crippen molar-refractivity contribution in [1.82, 2.24) is 5.32 Å². The van der Waals surface area contributed by atoms with Crippen molar-refractivity contribution in [3.8, 4) is 17.2 Å². The molecule has 1 atom stereocenters. The van der Waals surface area contributed by atoms with Gasteiger partial charge in [-0.15, -0.1) is 12.4 Å². The van der Waals surface area contributed by atoms with Gasteiger partial charge in [-0.3, -0.25) is 9.59 Å². The second kappa shape index (κ2) is 15.2. The molecule has 0 fully saturated rings. The minimum Gasteiger partial charge on any atom is -0.497 e. The summed E-state index contributed by atoms with van der Waals surface area (Å²) < 4.78 is 20.6. The van der Waals surface area contributed by atoms with Gasteiger partial charge in [-0.05, 0) is 41.8 Å². The highest BCUT2D eigenvalue weighted by molar-refractivity contribution is 5.85.